The molecule has 0 atom stereocenters. The van der Waals surface area contributed by atoms with Gasteiger partial charge in [0.25, 0.3) is 0 Å². The SMILES string of the molecule is Cc1ccc(S(=O)(=O)N(Cc2ccc(Cl)c(Cl)c2)Cc2ccc(C=Nc3cccc(C(F)(F)F)c3)o2)cc1. The van der Waals surface area contributed by atoms with Crippen LogP contribution in [0.25, 0.3) is 0 Å². The largest absolute Gasteiger partial charge is 0.459 e. The fraction of sp³-hybridized carbons (Fsp3) is 0.148. The summed E-state index contributed by atoms with van der Waals surface area (Å²) in [7, 11) is -3.94. The molecule has 198 valence electrons. The average molecular weight is 581 g/mol. The number of hydrogen-bond donors (Lipinski definition) is 0. The third kappa shape index (κ3) is 6.85. The molecule has 0 spiro atoms. The molecule has 0 saturated heterocycles. The normalized spacial score (nSPS) is 12.5. The first-order chi connectivity index (χ1) is 17.9. The maximum Gasteiger partial charge on any atom is 0.416 e. The standard InChI is InChI=1S/C27H21Cl2F3N2O3S/c1-18-5-10-24(11-6-18)38(35,36)34(16-19-7-12-25(28)26(29)13-19)17-23-9-8-22(37-23)15-33-21-4-2-3-20(14-21)27(30,31)32/h2-15H,16-17H2,1H3. The van der Waals surface area contributed by atoms with Crippen LogP contribution in [0, 0.1) is 6.92 Å². The van der Waals surface area contributed by atoms with Gasteiger partial charge in [0.15, 0.2) is 0 Å². The van der Waals surface area contributed by atoms with E-state index in [1.54, 1.807) is 42.5 Å². The van der Waals surface area contributed by atoms with Crippen molar-refractivity contribution < 1.29 is 26.0 Å². The van der Waals surface area contributed by atoms with Crippen LogP contribution in [0.15, 0.2) is 93.2 Å². The summed E-state index contributed by atoms with van der Waals surface area (Å²) >= 11 is 12.1. The van der Waals surface area contributed by atoms with E-state index in [0.29, 0.717) is 21.4 Å². The first kappa shape index (κ1) is 27.9. The summed E-state index contributed by atoms with van der Waals surface area (Å²) in [4.78, 5) is 4.17. The molecule has 5 nitrogen and oxygen atoms in total. The third-order valence-corrected chi connectivity index (χ3v) is 8.08. The quantitative estimate of drug-likeness (QED) is 0.198. The van der Waals surface area contributed by atoms with Crippen LogP contribution in [-0.4, -0.2) is 18.9 Å². The van der Waals surface area contributed by atoms with Crippen LogP contribution in [0.3, 0.4) is 0 Å². The minimum absolute atomic E-state index is 0.0124. The number of furan rings is 1. The second-order valence-electron chi connectivity index (χ2n) is 8.44. The van der Waals surface area contributed by atoms with Crippen molar-refractivity contribution in [2.45, 2.75) is 31.1 Å². The minimum Gasteiger partial charge on any atom is -0.459 e. The molecule has 0 saturated carbocycles. The van der Waals surface area contributed by atoms with E-state index in [2.05, 4.69) is 4.99 Å². The second-order valence-corrected chi connectivity index (χ2v) is 11.2. The lowest BCUT2D eigenvalue weighted by molar-refractivity contribution is -0.137. The fourth-order valence-corrected chi connectivity index (χ4v) is 5.27. The summed E-state index contributed by atoms with van der Waals surface area (Å²) in [5.41, 5.74) is 0.816. The van der Waals surface area contributed by atoms with Crippen LogP contribution in [0.5, 0.6) is 0 Å². The number of benzene rings is 3. The summed E-state index contributed by atoms with van der Waals surface area (Å²) < 4.78 is 72.9. The van der Waals surface area contributed by atoms with E-state index in [1.165, 1.54) is 34.8 Å². The Bertz CT molecular complexity index is 1570. The highest BCUT2D eigenvalue weighted by molar-refractivity contribution is 7.89. The molecule has 3 aromatic carbocycles. The minimum atomic E-state index is -4.48. The lowest BCUT2D eigenvalue weighted by Gasteiger charge is -2.22. The first-order valence-electron chi connectivity index (χ1n) is 11.2. The molecule has 0 aliphatic rings. The zero-order valence-electron chi connectivity index (χ0n) is 19.9. The lowest BCUT2D eigenvalue weighted by atomic mass is 10.2. The van der Waals surface area contributed by atoms with Crippen LogP contribution in [0.2, 0.25) is 10.0 Å². The Hall–Kier alpha value is -3.11. The van der Waals surface area contributed by atoms with Crippen molar-refractivity contribution >= 4 is 45.1 Å². The number of alkyl halides is 3. The van der Waals surface area contributed by atoms with E-state index >= 15 is 0 Å². The molecule has 38 heavy (non-hydrogen) atoms. The van der Waals surface area contributed by atoms with Gasteiger partial charge in [-0.1, -0.05) is 53.0 Å². The summed E-state index contributed by atoms with van der Waals surface area (Å²) in [6.07, 6.45) is -3.21. The number of nitrogens with zero attached hydrogens (tertiary/aromatic N) is 2. The summed E-state index contributed by atoms with van der Waals surface area (Å²) in [6, 6.07) is 19.1. The molecule has 4 rings (SSSR count). The molecule has 0 fully saturated rings. The molecule has 11 heteroatoms. The zero-order valence-corrected chi connectivity index (χ0v) is 22.2. The molecule has 0 aliphatic heterocycles. The van der Waals surface area contributed by atoms with Gasteiger partial charge in [-0.05, 0) is 67.1 Å². The van der Waals surface area contributed by atoms with Crippen LogP contribution in [0.4, 0.5) is 18.9 Å². The van der Waals surface area contributed by atoms with E-state index in [0.717, 1.165) is 17.7 Å². The molecule has 0 amide bonds. The van der Waals surface area contributed by atoms with E-state index < -0.39 is 21.8 Å². The maximum absolute atomic E-state index is 13.5. The molecule has 0 unspecified atom stereocenters. The molecule has 0 N–H and O–H groups in total. The maximum atomic E-state index is 13.5. The fourth-order valence-electron chi connectivity index (χ4n) is 3.55. The van der Waals surface area contributed by atoms with Crippen LogP contribution < -0.4 is 0 Å². The second kappa shape index (κ2) is 11.3. The highest BCUT2D eigenvalue weighted by atomic mass is 35.5. The van der Waals surface area contributed by atoms with Gasteiger partial charge in [0.1, 0.15) is 11.5 Å². The molecule has 1 heterocycles. The summed E-state index contributed by atoms with van der Waals surface area (Å²) in [5.74, 6) is 0.561. The molecule has 0 radical (unpaired) electrons. The van der Waals surface area contributed by atoms with Gasteiger partial charge in [-0.15, -0.1) is 0 Å². The van der Waals surface area contributed by atoms with Gasteiger partial charge in [0, 0.05) is 6.54 Å². The predicted octanol–water partition coefficient (Wildman–Crippen LogP) is 8.06. The average Bonchev–Trinajstić information content (AvgIpc) is 3.32. The van der Waals surface area contributed by atoms with Gasteiger partial charge in [-0.2, -0.15) is 17.5 Å². The van der Waals surface area contributed by atoms with Gasteiger partial charge in [-0.3, -0.25) is 4.99 Å². The monoisotopic (exact) mass is 580 g/mol. The van der Waals surface area contributed by atoms with Crippen molar-refractivity contribution in [1.29, 1.82) is 0 Å². The van der Waals surface area contributed by atoms with Crippen molar-refractivity contribution in [3.05, 3.63) is 117 Å². The van der Waals surface area contributed by atoms with E-state index in [-0.39, 0.29) is 29.4 Å². The summed E-state index contributed by atoms with van der Waals surface area (Å²) in [5, 5.41) is 0.641. The Kier molecular flexibility index (Phi) is 8.32. The lowest BCUT2D eigenvalue weighted by Crippen LogP contribution is -2.30. The molecule has 4 aromatic rings. The van der Waals surface area contributed by atoms with Crippen molar-refractivity contribution in [3.8, 4) is 0 Å². The smallest absolute Gasteiger partial charge is 0.416 e. The van der Waals surface area contributed by atoms with Crippen LogP contribution >= 0.6 is 23.2 Å². The van der Waals surface area contributed by atoms with Gasteiger partial charge in [0.05, 0.1) is 39.0 Å². The highest BCUT2D eigenvalue weighted by Crippen LogP contribution is 2.31. The third-order valence-electron chi connectivity index (χ3n) is 5.53. The number of rotatable bonds is 8. The summed E-state index contributed by atoms with van der Waals surface area (Å²) in [6.45, 7) is 1.73. The molecule has 1 aromatic heterocycles. The van der Waals surface area contributed by atoms with E-state index in [4.69, 9.17) is 27.6 Å². The number of hydrogen-bond acceptors (Lipinski definition) is 4. The topological polar surface area (TPSA) is 62.9 Å². The van der Waals surface area contributed by atoms with Gasteiger partial charge in [-0.25, -0.2) is 8.42 Å². The Balaban J connectivity index is 1.59. The van der Waals surface area contributed by atoms with Gasteiger partial charge >= 0.3 is 6.18 Å². The predicted molar refractivity (Wildman–Crippen MR) is 141 cm³/mol. The van der Waals surface area contributed by atoms with Crippen molar-refractivity contribution in [3.63, 3.8) is 0 Å². The first-order valence-corrected chi connectivity index (χ1v) is 13.4. The van der Waals surface area contributed by atoms with E-state index in [9.17, 15) is 21.6 Å². The Morgan fingerprint density at radius 2 is 1.66 bits per heavy atom. The Morgan fingerprint density at radius 1 is 0.921 bits per heavy atom. The van der Waals surface area contributed by atoms with Crippen molar-refractivity contribution in [2.75, 3.05) is 0 Å². The van der Waals surface area contributed by atoms with Crippen LogP contribution in [0.1, 0.15) is 28.2 Å². The number of aliphatic imine (C=N–C) groups is 1. The Labute approximate surface area is 228 Å². The van der Waals surface area contributed by atoms with Gasteiger partial charge < -0.3 is 4.42 Å². The number of halogens is 5. The highest BCUT2D eigenvalue weighted by Gasteiger charge is 2.30. The number of sulfonamides is 1. The van der Waals surface area contributed by atoms with Crippen molar-refractivity contribution in [2.24, 2.45) is 4.99 Å². The van der Waals surface area contributed by atoms with E-state index in [1.807, 2.05) is 6.92 Å². The molecular formula is C27H21Cl2F3N2O3S. The molecule has 0 bridgehead atoms. The number of aryl methyl sites for hydroxylation is 1. The molecular weight excluding hydrogens is 560 g/mol. The van der Waals surface area contributed by atoms with Crippen molar-refractivity contribution in [1.82, 2.24) is 4.31 Å². The Morgan fingerprint density at radius 3 is 2.34 bits per heavy atom. The molecule has 0 aliphatic carbocycles. The zero-order chi connectivity index (χ0) is 27.5. The van der Waals surface area contributed by atoms with Crippen LogP contribution in [-0.2, 0) is 29.3 Å². The van der Waals surface area contributed by atoms with Gasteiger partial charge in [0.2, 0.25) is 10.0 Å².